The standard InChI is InChI=1S/C17H13ClN2O/c18-14-7-2-8-15(11-14)20-16(21)10-13-5-1-4-12-6-3-9-19-17(12)13/h1-9,11H,10H2,(H,20,21). The van der Waals surface area contributed by atoms with Gasteiger partial charge >= 0.3 is 0 Å². The number of para-hydroxylation sites is 1. The molecule has 1 aromatic heterocycles. The number of aromatic nitrogens is 1. The summed E-state index contributed by atoms with van der Waals surface area (Å²) in [5, 5.41) is 4.47. The molecule has 3 nitrogen and oxygen atoms in total. The molecule has 0 aliphatic carbocycles. The van der Waals surface area contributed by atoms with Crippen molar-refractivity contribution in [3.63, 3.8) is 0 Å². The van der Waals surface area contributed by atoms with E-state index in [1.54, 1.807) is 24.4 Å². The van der Waals surface area contributed by atoms with E-state index in [4.69, 9.17) is 11.6 Å². The highest BCUT2D eigenvalue weighted by Gasteiger charge is 2.08. The largest absolute Gasteiger partial charge is 0.326 e. The predicted molar refractivity (Wildman–Crippen MR) is 85.5 cm³/mol. The highest BCUT2D eigenvalue weighted by atomic mass is 35.5. The average molecular weight is 297 g/mol. The summed E-state index contributed by atoms with van der Waals surface area (Å²) in [6.07, 6.45) is 2.02. The summed E-state index contributed by atoms with van der Waals surface area (Å²) < 4.78 is 0. The van der Waals surface area contributed by atoms with Crippen molar-refractivity contribution in [1.82, 2.24) is 4.98 Å². The summed E-state index contributed by atoms with van der Waals surface area (Å²) in [6, 6.07) is 16.8. The monoisotopic (exact) mass is 296 g/mol. The number of rotatable bonds is 3. The lowest BCUT2D eigenvalue weighted by atomic mass is 10.1. The van der Waals surface area contributed by atoms with E-state index in [-0.39, 0.29) is 12.3 Å². The molecule has 0 aliphatic heterocycles. The van der Waals surface area contributed by atoms with Crippen LogP contribution >= 0.6 is 11.6 Å². The van der Waals surface area contributed by atoms with Crippen molar-refractivity contribution in [1.29, 1.82) is 0 Å². The Labute approximate surface area is 127 Å². The van der Waals surface area contributed by atoms with Crippen LogP contribution in [0.4, 0.5) is 5.69 Å². The molecule has 0 saturated heterocycles. The topological polar surface area (TPSA) is 42.0 Å². The maximum Gasteiger partial charge on any atom is 0.228 e. The van der Waals surface area contributed by atoms with Crippen LogP contribution in [-0.4, -0.2) is 10.9 Å². The maximum atomic E-state index is 12.2. The Bertz CT molecular complexity index is 796. The summed E-state index contributed by atoms with van der Waals surface area (Å²) >= 11 is 5.91. The number of fused-ring (bicyclic) bond motifs is 1. The molecule has 1 heterocycles. The summed E-state index contributed by atoms with van der Waals surface area (Å²) in [7, 11) is 0. The highest BCUT2D eigenvalue weighted by Crippen LogP contribution is 2.18. The number of benzene rings is 2. The van der Waals surface area contributed by atoms with Gasteiger partial charge in [0.2, 0.25) is 5.91 Å². The number of hydrogen-bond donors (Lipinski definition) is 1. The minimum atomic E-state index is -0.0876. The van der Waals surface area contributed by atoms with Crippen LogP contribution in [-0.2, 0) is 11.2 Å². The van der Waals surface area contributed by atoms with Crippen LogP contribution in [0.1, 0.15) is 5.56 Å². The van der Waals surface area contributed by atoms with Crippen molar-refractivity contribution in [2.75, 3.05) is 5.32 Å². The molecule has 0 aliphatic rings. The van der Waals surface area contributed by atoms with Crippen molar-refractivity contribution < 1.29 is 4.79 Å². The Morgan fingerprint density at radius 2 is 1.90 bits per heavy atom. The molecule has 0 unspecified atom stereocenters. The molecule has 0 atom stereocenters. The summed E-state index contributed by atoms with van der Waals surface area (Å²) in [6.45, 7) is 0. The lowest BCUT2D eigenvalue weighted by Gasteiger charge is -2.07. The second-order valence-corrected chi connectivity index (χ2v) is 5.16. The van der Waals surface area contributed by atoms with Gasteiger partial charge in [0.05, 0.1) is 11.9 Å². The fourth-order valence-electron chi connectivity index (χ4n) is 2.25. The molecule has 0 bridgehead atoms. The Hall–Kier alpha value is -2.39. The Morgan fingerprint density at radius 1 is 1.10 bits per heavy atom. The summed E-state index contributed by atoms with van der Waals surface area (Å²) in [5.74, 6) is -0.0876. The molecule has 1 N–H and O–H groups in total. The van der Waals surface area contributed by atoms with Crippen LogP contribution in [0.3, 0.4) is 0 Å². The molecule has 0 radical (unpaired) electrons. The van der Waals surface area contributed by atoms with Crippen LogP contribution in [0.25, 0.3) is 10.9 Å². The SMILES string of the molecule is O=C(Cc1cccc2cccnc12)Nc1cccc(Cl)c1. The van der Waals surface area contributed by atoms with Crippen LogP contribution in [0.15, 0.2) is 60.8 Å². The van der Waals surface area contributed by atoms with Crippen LogP contribution in [0.5, 0.6) is 0 Å². The zero-order valence-corrected chi connectivity index (χ0v) is 12.0. The molecular weight excluding hydrogens is 284 g/mol. The number of nitrogens with one attached hydrogen (secondary N) is 1. The van der Waals surface area contributed by atoms with Gasteiger partial charge in [-0.3, -0.25) is 9.78 Å². The molecule has 0 spiro atoms. The van der Waals surface area contributed by atoms with Gasteiger partial charge in [-0.2, -0.15) is 0 Å². The van der Waals surface area contributed by atoms with Crippen LogP contribution in [0, 0.1) is 0 Å². The molecular formula is C17H13ClN2O. The first kappa shape index (κ1) is 13.6. The van der Waals surface area contributed by atoms with E-state index in [1.165, 1.54) is 0 Å². The molecule has 0 fully saturated rings. The van der Waals surface area contributed by atoms with Gasteiger partial charge in [-0.1, -0.05) is 41.9 Å². The van der Waals surface area contributed by atoms with E-state index >= 15 is 0 Å². The van der Waals surface area contributed by atoms with E-state index in [0.29, 0.717) is 10.7 Å². The van der Waals surface area contributed by atoms with Gasteiger partial charge in [0.1, 0.15) is 0 Å². The Morgan fingerprint density at radius 3 is 2.76 bits per heavy atom. The molecule has 3 rings (SSSR count). The minimum absolute atomic E-state index is 0.0876. The lowest BCUT2D eigenvalue weighted by Crippen LogP contribution is -2.14. The van der Waals surface area contributed by atoms with Crippen molar-refractivity contribution in [3.8, 4) is 0 Å². The predicted octanol–water partition coefficient (Wildman–Crippen LogP) is 4.07. The van der Waals surface area contributed by atoms with Gasteiger partial charge < -0.3 is 5.32 Å². The first-order chi connectivity index (χ1) is 10.2. The number of pyridine rings is 1. The molecule has 2 aromatic carbocycles. The fraction of sp³-hybridized carbons (Fsp3) is 0.0588. The van der Waals surface area contributed by atoms with Gasteiger partial charge in [0.15, 0.2) is 0 Å². The Kier molecular flexibility index (Phi) is 3.84. The molecule has 4 heteroatoms. The lowest BCUT2D eigenvalue weighted by molar-refractivity contribution is -0.115. The maximum absolute atomic E-state index is 12.2. The number of carbonyl (C=O) groups excluding carboxylic acids is 1. The van der Waals surface area contributed by atoms with E-state index in [2.05, 4.69) is 10.3 Å². The minimum Gasteiger partial charge on any atom is -0.326 e. The molecule has 0 saturated carbocycles. The zero-order valence-electron chi connectivity index (χ0n) is 11.2. The number of carbonyl (C=O) groups is 1. The number of anilines is 1. The van der Waals surface area contributed by atoms with E-state index in [1.807, 2.05) is 36.4 Å². The van der Waals surface area contributed by atoms with Gasteiger partial charge in [0.25, 0.3) is 0 Å². The van der Waals surface area contributed by atoms with Crippen molar-refractivity contribution in [2.45, 2.75) is 6.42 Å². The summed E-state index contributed by atoms with van der Waals surface area (Å²) in [4.78, 5) is 16.5. The van der Waals surface area contributed by atoms with E-state index in [9.17, 15) is 4.79 Å². The highest BCUT2D eigenvalue weighted by molar-refractivity contribution is 6.30. The number of amides is 1. The molecule has 3 aromatic rings. The van der Waals surface area contributed by atoms with Crippen LogP contribution < -0.4 is 5.32 Å². The fourth-order valence-corrected chi connectivity index (χ4v) is 2.44. The smallest absolute Gasteiger partial charge is 0.228 e. The summed E-state index contributed by atoms with van der Waals surface area (Å²) in [5.41, 5.74) is 2.47. The van der Waals surface area contributed by atoms with Crippen molar-refractivity contribution in [3.05, 3.63) is 71.4 Å². The first-order valence-electron chi connectivity index (χ1n) is 6.60. The third kappa shape index (κ3) is 3.20. The average Bonchev–Trinajstić information content (AvgIpc) is 2.47. The van der Waals surface area contributed by atoms with Gasteiger partial charge in [0, 0.05) is 22.3 Å². The molecule has 21 heavy (non-hydrogen) atoms. The molecule has 1 amide bonds. The van der Waals surface area contributed by atoms with Crippen LogP contribution in [0.2, 0.25) is 5.02 Å². The zero-order chi connectivity index (χ0) is 14.7. The van der Waals surface area contributed by atoms with E-state index in [0.717, 1.165) is 16.5 Å². The Balaban J connectivity index is 1.80. The third-order valence-electron chi connectivity index (χ3n) is 3.18. The van der Waals surface area contributed by atoms with Gasteiger partial charge in [-0.15, -0.1) is 0 Å². The quantitative estimate of drug-likeness (QED) is 0.791. The van der Waals surface area contributed by atoms with Gasteiger partial charge in [-0.05, 0) is 29.8 Å². The van der Waals surface area contributed by atoms with Crippen molar-refractivity contribution in [2.24, 2.45) is 0 Å². The number of nitrogens with zero attached hydrogens (tertiary/aromatic N) is 1. The second-order valence-electron chi connectivity index (χ2n) is 4.73. The second kappa shape index (κ2) is 5.94. The normalized spacial score (nSPS) is 10.5. The number of hydrogen-bond acceptors (Lipinski definition) is 2. The molecule has 104 valence electrons. The number of halogens is 1. The van der Waals surface area contributed by atoms with E-state index < -0.39 is 0 Å². The van der Waals surface area contributed by atoms with Crippen molar-refractivity contribution >= 4 is 34.1 Å². The first-order valence-corrected chi connectivity index (χ1v) is 6.98. The third-order valence-corrected chi connectivity index (χ3v) is 3.41. The van der Waals surface area contributed by atoms with Gasteiger partial charge in [-0.25, -0.2) is 0 Å².